The molecule has 0 aliphatic rings. The van der Waals surface area contributed by atoms with Gasteiger partial charge in [0.1, 0.15) is 11.5 Å². The summed E-state index contributed by atoms with van der Waals surface area (Å²) in [5.74, 6) is 1.80. The van der Waals surface area contributed by atoms with Gasteiger partial charge in [-0.05, 0) is 24.6 Å². The quantitative estimate of drug-likeness (QED) is 0.536. The Morgan fingerprint density at radius 3 is 2.53 bits per heavy atom. The second-order valence-electron chi connectivity index (χ2n) is 4.07. The zero-order chi connectivity index (χ0) is 12.7. The van der Waals surface area contributed by atoms with Gasteiger partial charge in [0.25, 0.3) is 0 Å². The number of rotatable bonds is 7. The van der Waals surface area contributed by atoms with Crippen LogP contribution in [0.3, 0.4) is 0 Å². The fourth-order valence-electron chi connectivity index (χ4n) is 1.81. The van der Waals surface area contributed by atoms with E-state index in [1.165, 1.54) is 24.8 Å². The summed E-state index contributed by atoms with van der Waals surface area (Å²) in [5.41, 5.74) is 1.17. The average Bonchev–Trinajstić information content (AvgIpc) is 2.38. The molecular weight excluding hydrogens is 280 g/mol. The van der Waals surface area contributed by atoms with Crippen molar-refractivity contribution >= 4 is 15.9 Å². The third-order valence-corrected chi connectivity index (χ3v) is 3.79. The molecule has 1 rings (SSSR count). The first-order valence-electron chi connectivity index (χ1n) is 6.09. The van der Waals surface area contributed by atoms with E-state index < -0.39 is 0 Å². The Kier molecular flexibility index (Phi) is 6.41. The summed E-state index contributed by atoms with van der Waals surface area (Å²) in [6, 6.07) is 5.93. The Labute approximate surface area is 112 Å². The number of benzene rings is 1. The molecule has 0 saturated heterocycles. The van der Waals surface area contributed by atoms with Crippen LogP contribution in [0, 0.1) is 0 Å². The second-order valence-corrected chi connectivity index (χ2v) is 5.18. The molecule has 1 atom stereocenters. The maximum Gasteiger partial charge on any atom is 0.123 e. The molecule has 0 saturated carbocycles. The molecule has 17 heavy (non-hydrogen) atoms. The minimum Gasteiger partial charge on any atom is -0.497 e. The van der Waals surface area contributed by atoms with Gasteiger partial charge in [0, 0.05) is 10.4 Å². The Morgan fingerprint density at radius 2 is 1.94 bits per heavy atom. The summed E-state index contributed by atoms with van der Waals surface area (Å²) >= 11 is 3.74. The number of methoxy groups -OCH3 is 2. The highest BCUT2D eigenvalue weighted by Crippen LogP contribution is 2.37. The molecule has 0 aliphatic heterocycles. The van der Waals surface area contributed by atoms with Crippen molar-refractivity contribution in [2.75, 3.05) is 14.2 Å². The predicted molar refractivity (Wildman–Crippen MR) is 75.4 cm³/mol. The molecule has 0 spiro atoms. The molecule has 1 aromatic carbocycles. The van der Waals surface area contributed by atoms with Gasteiger partial charge in [-0.15, -0.1) is 0 Å². The first-order valence-corrected chi connectivity index (χ1v) is 7.00. The van der Waals surface area contributed by atoms with Gasteiger partial charge < -0.3 is 9.47 Å². The highest BCUT2D eigenvalue weighted by atomic mass is 79.9. The molecule has 2 nitrogen and oxygen atoms in total. The van der Waals surface area contributed by atoms with Crippen LogP contribution in [0.25, 0.3) is 0 Å². The maximum absolute atomic E-state index is 5.39. The molecule has 0 radical (unpaired) electrons. The van der Waals surface area contributed by atoms with Crippen molar-refractivity contribution < 1.29 is 9.47 Å². The standard InChI is InChI=1S/C14H21BrO2/c1-4-5-6-7-13(15)12-10-11(16-2)8-9-14(12)17-3/h8-10,13H,4-7H2,1-3H3. The monoisotopic (exact) mass is 300 g/mol. The van der Waals surface area contributed by atoms with Crippen LogP contribution in [0.2, 0.25) is 0 Å². The van der Waals surface area contributed by atoms with Crippen LogP contribution in [-0.4, -0.2) is 14.2 Å². The normalized spacial score (nSPS) is 12.2. The van der Waals surface area contributed by atoms with Crippen LogP contribution >= 0.6 is 15.9 Å². The van der Waals surface area contributed by atoms with E-state index in [2.05, 4.69) is 22.9 Å². The van der Waals surface area contributed by atoms with Crippen LogP contribution in [0.5, 0.6) is 11.5 Å². The predicted octanol–water partition coefficient (Wildman–Crippen LogP) is 4.72. The molecule has 0 heterocycles. The summed E-state index contributed by atoms with van der Waals surface area (Å²) < 4.78 is 10.6. The average molecular weight is 301 g/mol. The van der Waals surface area contributed by atoms with E-state index in [0.29, 0.717) is 4.83 Å². The van der Waals surface area contributed by atoms with Gasteiger partial charge in [0.15, 0.2) is 0 Å². The maximum atomic E-state index is 5.39. The van der Waals surface area contributed by atoms with Crippen LogP contribution in [0.4, 0.5) is 0 Å². The van der Waals surface area contributed by atoms with E-state index in [1.54, 1.807) is 14.2 Å². The largest absolute Gasteiger partial charge is 0.497 e. The van der Waals surface area contributed by atoms with Gasteiger partial charge in [-0.1, -0.05) is 42.1 Å². The fraction of sp³-hybridized carbons (Fsp3) is 0.571. The van der Waals surface area contributed by atoms with E-state index in [9.17, 15) is 0 Å². The fourth-order valence-corrected chi connectivity index (χ4v) is 2.49. The molecule has 96 valence electrons. The van der Waals surface area contributed by atoms with Crippen molar-refractivity contribution in [3.63, 3.8) is 0 Å². The third-order valence-electron chi connectivity index (χ3n) is 2.84. The number of ether oxygens (including phenoxy) is 2. The Hall–Kier alpha value is -0.700. The first kappa shape index (κ1) is 14.4. The molecule has 0 N–H and O–H groups in total. The summed E-state index contributed by atoms with van der Waals surface area (Å²) in [6.07, 6.45) is 4.87. The van der Waals surface area contributed by atoms with Crippen molar-refractivity contribution in [3.05, 3.63) is 23.8 Å². The SMILES string of the molecule is CCCCCC(Br)c1cc(OC)ccc1OC. The number of hydrogen-bond donors (Lipinski definition) is 0. The van der Waals surface area contributed by atoms with Gasteiger partial charge in [-0.25, -0.2) is 0 Å². The smallest absolute Gasteiger partial charge is 0.123 e. The molecule has 0 fully saturated rings. The van der Waals surface area contributed by atoms with Crippen molar-refractivity contribution in [2.24, 2.45) is 0 Å². The zero-order valence-electron chi connectivity index (χ0n) is 10.8. The number of halogens is 1. The minimum atomic E-state index is 0.332. The van der Waals surface area contributed by atoms with E-state index in [1.807, 2.05) is 18.2 Å². The lowest BCUT2D eigenvalue weighted by Gasteiger charge is -2.15. The van der Waals surface area contributed by atoms with Gasteiger partial charge in [-0.3, -0.25) is 0 Å². The van der Waals surface area contributed by atoms with Crippen molar-refractivity contribution in [2.45, 2.75) is 37.4 Å². The number of unbranched alkanes of at least 4 members (excludes halogenated alkanes) is 2. The summed E-state index contributed by atoms with van der Waals surface area (Å²) in [6.45, 7) is 2.22. The molecule has 0 amide bonds. The minimum absolute atomic E-state index is 0.332. The lowest BCUT2D eigenvalue weighted by molar-refractivity contribution is 0.398. The molecule has 0 aliphatic carbocycles. The molecule has 3 heteroatoms. The van der Waals surface area contributed by atoms with Crippen LogP contribution in [-0.2, 0) is 0 Å². The molecule has 1 aromatic rings. The zero-order valence-corrected chi connectivity index (χ0v) is 12.4. The Morgan fingerprint density at radius 1 is 1.18 bits per heavy atom. The van der Waals surface area contributed by atoms with Crippen LogP contribution in [0.15, 0.2) is 18.2 Å². The van der Waals surface area contributed by atoms with Crippen LogP contribution in [0.1, 0.15) is 43.0 Å². The molecule has 1 unspecified atom stereocenters. The topological polar surface area (TPSA) is 18.5 Å². The second kappa shape index (κ2) is 7.59. The van der Waals surface area contributed by atoms with Crippen molar-refractivity contribution in [1.82, 2.24) is 0 Å². The van der Waals surface area contributed by atoms with Gasteiger partial charge >= 0.3 is 0 Å². The van der Waals surface area contributed by atoms with Gasteiger partial charge in [0.05, 0.1) is 14.2 Å². The number of hydrogen-bond acceptors (Lipinski definition) is 2. The first-order chi connectivity index (χ1) is 8.22. The highest BCUT2D eigenvalue weighted by molar-refractivity contribution is 9.09. The summed E-state index contributed by atoms with van der Waals surface area (Å²) in [7, 11) is 3.39. The van der Waals surface area contributed by atoms with Gasteiger partial charge in [-0.2, -0.15) is 0 Å². The van der Waals surface area contributed by atoms with Gasteiger partial charge in [0.2, 0.25) is 0 Å². The third kappa shape index (κ3) is 4.23. The lowest BCUT2D eigenvalue weighted by Crippen LogP contribution is -1.97. The highest BCUT2D eigenvalue weighted by Gasteiger charge is 2.13. The van der Waals surface area contributed by atoms with Crippen LogP contribution < -0.4 is 9.47 Å². The van der Waals surface area contributed by atoms with E-state index in [4.69, 9.17) is 9.47 Å². The van der Waals surface area contributed by atoms with E-state index in [-0.39, 0.29) is 0 Å². The van der Waals surface area contributed by atoms with Crippen molar-refractivity contribution in [3.8, 4) is 11.5 Å². The summed E-state index contributed by atoms with van der Waals surface area (Å²) in [4.78, 5) is 0.332. The summed E-state index contributed by atoms with van der Waals surface area (Å²) in [5, 5.41) is 0. The van der Waals surface area contributed by atoms with Crippen molar-refractivity contribution in [1.29, 1.82) is 0 Å². The van der Waals surface area contributed by atoms with E-state index in [0.717, 1.165) is 17.9 Å². The molecule has 0 bridgehead atoms. The Balaban J connectivity index is 2.78. The Bertz CT molecular complexity index is 339. The van der Waals surface area contributed by atoms with E-state index >= 15 is 0 Å². The molecule has 0 aromatic heterocycles. The lowest BCUT2D eigenvalue weighted by atomic mass is 10.0. The molecular formula is C14H21BrO2. The number of alkyl halides is 1.